The molecule has 0 aromatic heterocycles. The van der Waals surface area contributed by atoms with E-state index in [4.69, 9.17) is 20.4 Å². The highest BCUT2D eigenvalue weighted by Gasteiger charge is 1.83. The van der Waals surface area contributed by atoms with Crippen LogP contribution in [-0.2, 0) is 0 Å². The first-order chi connectivity index (χ1) is 5.42. The highest BCUT2D eigenvalue weighted by Crippen LogP contribution is 1.68. The van der Waals surface area contributed by atoms with Crippen LogP contribution in [0.5, 0.6) is 0 Å². The average molecular weight is 182 g/mol. The molecule has 0 aromatic carbocycles. The second kappa shape index (κ2) is 17.1. The molecule has 0 saturated carbocycles. The number of hydrogen-bond donors (Lipinski definition) is 4. The average Bonchev–Trinajstić information content (AvgIpc) is 1.88. The van der Waals surface area contributed by atoms with Crippen LogP contribution in [0.2, 0.25) is 0 Å². The molecule has 0 aromatic rings. The molecule has 0 aliphatic heterocycles. The van der Waals surface area contributed by atoms with E-state index in [1.807, 2.05) is 0 Å². The predicted molar refractivity (Wildman–Crippen MR) is 48.9 cm³/mol. The molecule has 4 nitrogen and oxygen atoms in total. The molecule has 0 heterocycles. The van der Waals surface area contributed by atoms with Crippen molar-refractivity contribution in [3.63, 3.8) is 0 Å². The summed E-state index contributed by atoms with van der Waals surface area (Å²) < 4.78 is 0. The monoisotopic (exact) mass is 182 g/mol. The summed E-state index contributed by atoms with van der Waals surface area (Å²) in [6.07, 6.45) is -0.727. The van der Waals surface area contributed by atoms with Gasteiger partial charge in [0.1, 0.15) is 0 Å². The van der Waals surface area contributed by atoms with Crippen molar-refractivity contribution in [2.75, 3.05) is 13.2 Å². The summed E-state index contributed by atoms with van der Waals surface area (Å²) in [7, 11) is 0. The van der Waals surface area contributed by atoms with Crippen LogP contribution >= 0.6 is 0 Å². The van der Waals surface area contributed by atoms with Gasteiger partial charge in [0, 0.05) is 12.7 Å². The molecule has 1 atom stereocenters. The Morgan fingerprint density at radius 1 is 1.00 bits per heavy atom. The van der Waals surface area contributed by atoms with E-state index in [1.54, 1.807) is 20.8 Å². The summed E-state index contributed by atoms with van der Waals surface area (Å²) in [6.45, 7) is 6.76. The van der Waals surface area contributed by atoms with Crippen LogP contribution in [0.1, 0.15) is 27.7 Å². The highest BCUT2D eigenvalue weighted by atomic mass is 16.3. The van der Waals surface area contributed by atoms with Gasteiger partial charge < -0.3 is 20.4 Å². The van der Waals surface area contributed by atoms with Gasteiger partial charge in [0.15, 0.2) is 0 Å². The zero-order valence-electron chi connectivity index (χ0n) is 8.36. The molecule has 0 saturated heterocycles. The zero-order chi connectivity index (χ0) is 10.6. The van der Waals surface area contributed by atoms with Gasteiger partial charge in [0.25, 0.3) is 0 Å². The van der Waals surface area contributed by atoms with Gasteiger partial charge in [-0.25, -0.2) is 0 Å². The van der Waals surface area contributed by atoms with E-state index in [-0.39, 0.29) is 19.3 Å². The lowest BCUT2D eigenvalue weighted by Crippen LogP contribution is -2.03. The number of aliphatic hydroxyl groups is 4. The number of aliphatic hydroxyl groups excluding tert-OH is 4. The largest absolute Gasteiger partial charge is 0.397 e. The summed E-state index contributed by atoms with van der Waals surface area (Å²) in [4.78, 5) is 0. The molecule has 0 aliphatic rings. The maximum absolute atomic E-state index is 8.11. The fraction of sp³-hybridized carbons (Fsp3) is 1.00. The first-order valence-corrected chi connectivity index (χ1v) is 4.00. The molecule has 78 valence electrons. The Balaban J connectivity index is -0.000000105. The van der Waals surface area contributed by atoms with E-state index in [9.17, 15) is 0 Å². The first kappa shape index (κ1) is 17.8. The van der Waals surface area contributed by atoms with E-state index in [0.29, 0.717) is 0 Å². The fourth-order valence-corrected chi connectivity index (χ4v) is 0. The van der Waals surface area contributed by atoms with Crippen LogP contribution in [0, 0.1) is 0 Å². The minimum Gasteiger partial charge on any atom is -0.397 e. The topological polar surface area (TPSA) is 80.9 Å². The Bertz CT molecular complexity index is 52.3. The van der Waals surface area contributed by atoms with E-state index < -0.39 is 6.10 Å². The van der Waals surface area contributed by atoms with Crippen molar-refractivity contribution in [3.05, 3.63) is 0 Å². The van der Waals surface area contributed by atoms with Crippen LogP contribution in [0.25, 0.3) is 0 Å². The van der Waals surface area contributed by atoms with Gasteiger partial charge in [-0.15, -0.1) is 0 Å². The van der Waals surface area contributed by atoms with Gasteiger partial charge in [-0.05, 0) is 27.7 Å². The van der Waals surface area contributed by atoms with Crippen molar-refractivity contribution in [2.24, 2.45) is 0 Å². The van der Waals surface area contributed by atoms with Crippen molar-refractivity contribution < 1.29 is 20.4 Å². The Morgan fingerprint density at radius 3 is 1.08 bits per heavy atom. The quantitative estimate of drug-likeness (QED) is 0.450. The molecule has 0 fully saturated rings. The van der Waals surface area contributed by atoms with Crippen LogP contribution in [0.15, 0.2) is 0 Å². The van der Waals surface area contributed by atoms with Gasteiger partial charge in [0.2, 0.25) is 0 Å². The number of hydrogen-bond acceptors (Lipinski definition) is 4. The van der Waals surface area contributed by atoms with Crippen LogP contribution in [0.3, 0.4) is 0 Å². The van der Waals surface area contributed by atoms with Crippen molar-refractivity contribution in [3.8, 4) is 0 Å². The third-order valence-electron chi connectivity index (χ3n) is 0.264. The molecule has 0 aliphatic carbocycles. The highest BCUT2D eigenvalue weighted by molar-refractivity contribution is 4.34. The Morgan fingerprint density at radius 2 is 1.08 bits per heavy atom. The summed E-state index contributed by atoms with van der Waals surface area (Å²) in [6, 6.07) is 0. The normalized spacial score (nSPS) is 10.8. The molecule has 4 heteroatoms. The molecule has 0 spiro atoms. The lowest BCUT2D eigenvalue weighted by Gasteiger charge is -1.90. The maximum Gasteiger partial charge on any atom is 0.0742 e. The van der Waals surface area contributed by atoms with Gasteiger partial charge in [0.05, 0.1) is 12.7 Å². The Kier molecular flexibility index (Phi) is 25.3. The van der Waals surface area contributed by atoms with Crippen LogP contribution in [-0.4, -0.2) is 45.8 Å². The van der Waals surface area contributed by atoms with Crippen molar-refractivity contribution in [2.45, 2.75) is 39.9 Å². The fourth-order valence-electron chi connectivity index (χ4n) is 0. The third-order valence-corrected chi connectivity index (χ3v) is 0.264. The van der Waals surface area contributed by atoms with Crippen molar-refractivity contribution >= 4 is 0 Å². The predicted octanol–water partition coefficient (Wildman–Crippen LogP) is -0.255. The van der Waals surface area contributed by atoms with Crippen molar-refractivity contribution in [1.29, 1.82) is 0 Å². The molecule has 0 amide bonds. The zero-order valence-corrected chi connectivity index (χ0v) is 8.36. The smallest absolute Gasteiger partial charge is 0.0742 e. The third kappa shape index (κ3) is 227. The summed E-state index contributed by atoms with van der Waals surface area (Å²) in [5, 5.41) is 31.6. The standard InChI is InChI=1S/C3H8O2.C3H8O.C2H6O/c1-3(5)2-4;1-3(2)4;1-2-3/h3-5H,2H2,1H3;3-4H,1-2H3;3H,2H2,1H3. The maximum atomic E-state index is 8.11. The second-order valence-corrected chi connectivity index (χ2v) is 2.44. The molecular formula is C8H22O4. The van der Waals surface area contributed by atoms with Gasteiger partial charge in [-0.3, -0.25) is 0 Å². The SMILES string of the molecule is CC(C)O.CC(O)CO.CCO. The van der Waals surface area contributed by atoms with Gasteiger partial charge >= 0.3 is 0 Å². The molecule has 0 bridgehead atoms. The van der Waals surface area contributed by atoms with E-state index >= 15 is 0 Å². The molecular weight excluding hydrogens is 160 g/mol. The number of rotatable bonds is 1. The minimum atomic E-state index is -0.560. The summed E-state index contributed by atoms with van der Waals surface area (Å²) in [5.41, 5.74) is 0. The van der Waals surface area contributed by atoms with Crippen molar-refractivity contribution in [1.82, 2.24) is 0 Å². The van der Waals surface area contributed by atoms with E-state index in [0.717, 1.165) is 0 Å². The first-order valence-electron chi connectivity index (χ1n) is 4.00. The van der Waals surface area contributed by atoms with E-state index in [2.05, 4.69) is 0 Å². The summed E-state index contributed by atoms with van der Waals surface area (Å²) >= 11 is 0. The van der Waals surface area contributed by atoms with Gasteiger partial charge in [-0.2, -0.15) is 0 Å². The van der Waals surface area contributed by atoms with Crippen LogP contribution < -0.4 is 0 Å². The van der Waals surface area contributed by atoms with Gasteiger partial charge in [-0.1, -0.05) is 0 Å². The lowest BCUT2D eigenvalue weighted by atomic mass is 10.5. The molecule has 1 unspecified atom stereocenters. The molecule has 0 rings (SSSR count). The molecule has 4 N–H and O–H groups in total. The molecule has 12 heavy (non-hydrogen) atoms. The Labute approximate surface area is 74.5 Å². The molecule has 0 radical (unpaired) electrons. The minimum absolute atomic E-state index is 0.139. The Hall–Kier alpha value is -0.160. The van der Waals surface area contributed by atoms with E-state index in [1.165, 1.54) is 6.92 Å². The lowest BCUT2D eigenvalue weighted by molar-refractivity contribution is 0.110. The second-order valence-electron chi connectivity index (χ2n) is 2.44. The summed E-state index contributed by atoms with van der Waals surface area (Å²) in [5.74, 6) is 0. The van der Waals surface area contributed by atoms with Crippen LogP contribution in [0.4, 0.5) is 0 Å².